The molecule has 0 unspecified atom stereocenters. The van der Waals surface area contributed by atoms with Gasteiger partial charge in [0, 0.05) is 0 Å². The van der Waals surface area contributed by atoms with E-state index < -0.39 is 6.10 Å². The summed E-state index contributed by atoms with van der Waals surface area (Å²) < 4.78 is 5.93. The van der Waals surface area contributed by atoms with Crippen LogP contribution in [-0.4, -0.2) is 55.0 Å². The molecule has 1 amide bonds. The quantitative estimate of drug-likeness (QED) is 0.760. The molecule has 17 heavy (non-hydrogen) atoms. The van der Waals surface area contributed by atoms with E-state index in [1.54, 1.807) is 4.90 Å². The van der Waals surface area contributed by atoms with E-state index in [-0.39, 0.29) is 18.4 Å². The summed E-state index contributed by atoms with van der Waals surface area (Å²) in [6, 6.07) is 0.0765. The summed E-state index contributed by atoms with van der Waals surface area (Å²) in [5, 5.41) is 9.68. The van der Waals surface area contributed by atoms with Gasteiger partial charge in [-0.2, -0.15) is 0 Å². The van der Waals surface area contributed by atoms with Gasteiger partial charge in [-0.3, -0.25) is 0 Å². The molecule has 1 aliphatic heterocycles. The number of aliphatic hydroxyl groups excluding tert-OH is 1. The molecule has 0 aromatic carbocycles. The number of hydrogen-bond acceptors (Lipinski definition) is 3. The number of aliphatic hydroxyl groups is 1. The van der Waals surface area contributed by atoms with Crippen LogP contribution < -0.4 is 0 Å². The van der Waals surface area contributed by atoms with E-state index >= 15 is 0 Å². The third-order valence-electron chi connectivity index (χ3n) is 2.98. The third-order valence-corrected chi connectivity index (χ3v) is 3.64. The Labute approximate surface area is 111 Å². The fourth-order valence-corrected chi connectivity index (χ4v) is 2.59. The second-order valence-corrected chi connectivity index (χ2v) is 5.53. The number of carbonyl (C=O) groups is 1. The molecule has 0 bridgehead atoms. The minimum absolute atomic E-state index is 0.0594. The molecular weight excluding hydrogens is 285 g/mol. The molecule has 1 aliphatic rings. The maximum absolute atomic E-state index is 12.1. The van der Waals surface area contributed by atoms with Gasteiger partial charge in [-0.1, -0.05) is 0 Å². The fourth-order valence-electron chi connectivity index (χ4n) is 1.95. The van der Waals surface area contributed by atoms with E-state index in [9.17, 15) is 9.90 Å². The van der Waals surface area contributed by atoms with Gasteiger partial charge < -0.3 is 0 Å². The van der Waals surface area contributed by atoms with Gasteiger partial charge in [-0.15, -0.1) is 0 Å². The Kier molecular flexibility index (Phi) is 5.63. The molecule has 1 N–H and O–H groups in total. The van der Waals surface area contributed by atoms with E-state index in [1.165, 1.54) is 0 Å². The Morgan fingerprint density at radius 1 is 1.65 bits per heavy atom. The van der Waals surface area contributed by atoms with Crippen LogP contribution in [0, 0.1) is 5.92 Å². The predicted octanol–water partition coefficient (Wildman–Crippen LogP) is 0.677. The van der Waals surface area contributed by atoms with Crippen LogP contribution >= 0.6 is 0 Å². The number of nitrogens with zero attached hydrogens (tertiary/aromatic N) is 1. The molecule has 1 fully saturated rings. The van der Waals surface area contributed by atoms with Gasteiger partial charge in [0.1, 0.15) is 0 Å². The number of amides is 1. The van der Waals surface area contributed by atoms with Crippen molar-refractivity contribution in [3.05, 3.63) is 0 Å². The molecule has 0 spiro atoms. The van der Waals surface area contributed by atoms with Crippen molar-refractivity contribution >= 4 is 26.2 Å². The molecule has 98 valence electrons. The first-order valence-corrected chi connectivity index (χ1v) is 6.99. The van der Waals surface area contributed by atoms with Crippen LogP contribution in [-0.2, 0) is 9.53 Å². The molecular formula is C12H21NO3Se. The molecule has 1 heterocycles. The normalized spacial score (nSPS) is 21.8. The summed E-state index contributed by atoms with van der Waals surface area (Å²) in [6.07, 6.45) is 1.17. The van der Waals surface area contributed by atoms with Crippen molar-refractivity contribution in [3.63, 3.8) is 0 Å². The van der Waals surface area contributed by atoms with E-state index in [0.717, 1.165) is 6.42 Å². The zero-order valence-electron chi connectivity index (χ0n) is 10.7. The van der Waals surface area contributed by atoms with Crippen molar-refractivity contribution in [1.29, 1.82) is 0 Å². The van der Waals surface area contributed by atoms with Crippen LogP contribution in [0.1, 0.15) is 40.0 Å². The molecule has 0 aromatic heterocycles. The van der Waals surface area contributed by atoms with Crippen LogP contribution in [0.2, 0.25) is 0 Å². The standard InChI is InChI=1S/C12H21NO3Se/c1-4-5-9(14)6-11(15)13-10(8(2)3)7-16-12(13)17/h8-10,14H,4-7H2,1-3H3/t9-,10-/m1/s1. The number of rotatable bonds is 5. The number of ether oxygens (including phenoxy) is 1. The molecule has 4 nitrogen and oxygen atoms in total. The summed E-state index contributed by atoms with van der Waals surface area (Å²) in [5.74, 6) is 0.281. The predicted molar refractivity (Wildman–Crippen MR) is 67.7 cm³/mol. The van der Waals surface area contributed by atoms with Gasteiger partial charge in [0.2, 0.25) is 0 Å². The average Bonchev–Trinajstić information content (AvgIpc) is 2.60. The van der Waals surface area contributed by atoms with Crippen molar-refractivity contribution < 1.29 is 14.6 Å². The van der Waals surface area contributed by atoms with Crippen molar-refractivity contribution in [3.8, 4) is 0 Å². The topological polar surface area (TPSA) is 49.8 Å². The van der Waals surface area contributed by atoms with Gasteiger partial charge in [0.15, 0.2) is 0 Å². The van der Waals surface area contributed by atoms with Crippen molar-refractivity contribution in [2.45, 2.75) is 52.2 Å². The zero-order valence-corrected chi connectivity index (χ0v) is 12.4. The summed E-state index contributed by atoms with van der Waals surface area (Å²) in [4.78, 5) is 13.8. The van der Waals surface area contributed by atoms with Crippen LogP contribution in [0.3, 0.4) is 0 Å². The Morgan fingerprint density at radius 2 is 2.29 bits per heavy atom. The zero-order chi connectivity index (χ0) is 13.0. The summed E-state index contributed by atoms with van der Waals surface area (Å²) in [6.45, 7) is 6.66. The first-order valence-electron chi connectivity index (χ1n) is 6.14. The Bertz CT molecular complexity index is 293. The summed E-state index contributed by atoms with van der Waals surface area (Å²) >= 11 is 2.78. The average molecular weight is 306 g/mol. The van der Waals surface area contributed by atoms with Crippen molar-refractivity contribution in [2.75, 3.05) is 6.61 Å². The second-order valence-electron chi connectivity index (χ2n) is 4.80. The molecule has 0 aromatic rings. The van der Waals surface area contributed by atoms with Gasteiger partial charge in [-0.05, 0) is 0 Å². The maximum atomic E-state index is 12.1. The van der Waals surface area contributed by atoms with Crippen molar-refractivity contribution in [2.24, 2.45) is 5.92 Å². The van der Waals surface area contributed by atoms with E-state index in [1.807, 2.05) is 6.92 Å². The fraction of sp³-hybridized carbons (Fsp3) is 0.833. The Balaban J connectivity index is 2.62. The number of hydrogen-bond donors (Lipinski definition) is 1. The van der Waals surface area contributed by atoms with Crippen LogP contribution in [0.4, 0.5) is 0 Å². The monoisotopic (exact) mass is 307 g/mol. The second kappa shape index (κ2) is 6.52. The van der Waals surface area contributed by atoms with E-state index in [2.05, 4.69) is 29.4 Å². The molecule has 1 rings (SSSR count). The molecule has 0 saturated carbocycles. The molecule has 0 radical (unpaired) electrons. The van der Waals surface area contributed by atoms with Crippen LogP contribution in [0.5, 0.6) is 0 Å². The van der Waals surface area contributed by atoms with E-state index in [4.69, 9.17) is 4.74 Å². The van der Waals surface area contributed by atoms with E-state index in [0.29, 0.717) is 23.7 Å². The summed E-state index contributed by atoms with van der Waals surface area (Å²) in [7, 11) is 0. The first kappa shape index (κ1) is 14.7. The minimum atomic E-state index is -0.547. The molecule has 1 saturated heterocycles. The van der Waals surface area contributed by atoms with Crippen LogP contribution in [0.25, 0.3) is 0 Å². The SMILES string of the molecule is CCC[C@@H](O)CC(=O)N1C(=[Se])OC[C@@H]1C(C)C. The van der Waals surface area contributed by atoms with Gasteiger partial charge in [-0.25, -0.2) is 0 Å². The summed E-state index contributed by atoms with van der Waals surface area (Å²) in [5.41, 5.74) is 0. The number of carbonyl (C=O) groups excluding carboxylic acids is 1. The van der Waals surface area contributed by atoms with Gasteiger partial charge >= 0.3 is 110 Å². The van der Waals surface area contributed by atoms with Crippen LogP contribution in [0.15, 0.2) is 0 Å². The van der Waals surface area contributed by atoms with Gasteiger partial charge in [0.05, 0.1) is 0 Å². The molecule has 2 atom stereocenters. The van der Waals surface area contributed by atoms with Crippen molar-refractivity contribution in [1.82, 2.24) is 4.90 Å². The first-order chi connectivity index (χ1) is 7.97. The van der Waals surface area contributed by atoms with Gasteiger partial charge in [0.25, 0.3) is 0 Å². The Hall–Kier alpha value is -0.381. The molecule has 0 aliphatic carbocycles. The third kappa shape index (κ3) is 3.80. The molecule has 5 heteroatoms. The Morgan fingerprint density at radius 3 is 2.82 bits per heavy atom.